The number of halogens is 2. The summed E-state index contributed by atoms with van der Waals surface area (Å²) in [5.74, 6) is -1.89. The summed E-state index contributed by atoms with van der Waals surface area (Å²) in [5.41, 5.74) is 15.1. The molecule has 0 radical (unpaired) electrons. The fourth-order valence-electron chi connectivity index (χ4n) is 5.44. The second-order valence-corrected chi connectivity index (χ2v) is 10.9. The van der Waals surface area contributed by atoms with Gasteiger partial charge in [-0.2, -0.15) is 0 Å². The number of benzene rings is 1. The molecule has 1 aliphatic carbocycles. The Hall–Kier alpha value is -3.15. The van der Waals surface area contributed by atoms with Crippen molar-refractivity contribution >= 4 is 27.8 Å². The molecule has 3 atom stereocenters. The molecule has 1 saturated heterocycles. The minimum atomic E-state index is -0.908. The minimum Gasteiger partial charge on any atom is -0.494 e. The van der Waals surface area contributed by atoms with E-state index < -0.39 is 17.7 Å². The number of hydrogen-bond donors (Lipinski definition) is 3. The Morgan fingerprint density at radius 1 is 1.32 bits per heavy atom. The highest BCUT2D eigenvalue weighted by Crippen LogP contribution is 2.41. The Kier molecular flexibility index (Phi) is 6.86. The van der Waals surface area contributed by atoms with E-state index in [-0.39, 0.29) is 45.3 Å². The molecule has 1 unspecified atom stereocenters. The van der Waals surface area contributed by atoms with Crippen molar-refractivity contribution in [2.45, 2.75) is 44.8 Å². The number of methoxy groups -OCH3 is 1. The first-order valence-corrected chi connectivity index (χ1v) is 13.0. The van der Waals surface area contributed by atoms with Gasteiger partial charge in [0.2, 0.25) is 0 Å². The molecule has 0 saturated carbocycles. The van der Waals surface area contributed by atoms with Crippen LogP contribution in [0.15, 0.2) is 18.3 Å². The molecule has 0 spiro atoms. The van der Waals surface area contributed by atoms with Gasteiger partial charge in [0.15, 0.2) is 17.3 Å². The van der Waals surface area contributed by atoms with Crippen molar-refractivity contribution < 1.29 is 23.4 Å². The van der Waals surface area contributed by atoms with Crippen molar-refractivity contribution in [3.8, 4) is 16.3 Å². The molecular weight excluding hydrogens is 500 g/mol. The van der Waals surface area contributed by atoms with E-state index in [9.17, 15) is 18.7 Å². The molecule has 3 aromatic rings. The average molecular weight is 530 g/mol. The largest absolute Gasteiger partial charge is 0.494 e. The number of aromatic nitrogens is 2. The number of ketones is 1. The van der Waals surface area contributed by atoms with Crippen LogP contribution in [-0.4, -0.2) is 47.1 Å². The van der Waals surface area contributed by atoms with Gasteiger partial charge in [-0.15, -0.1) is 0 Å². The van der Waals surface area contributed by atoms with Gasteiger partial charge >= 0.3 is 0 Å². The topological polar surface area (TPSA) is 128 Å². The Labute approximate surface area is 217 Å². The second-order valence-electron chi connectivity index (χ2n) is 9.83. The number of piperidine rings is 1. The number of carbonyl (C=O) groups excluding carboxylic acids is 1. The first kappa shape index (κ1) is 25.5. The Morgan fingerprint density at radius 3 is 2.84 bits per heavy atom. The Morgan fingerprint density at radius 2 is 2.11 bits per heavy atom. The fraction of sp³-hybridized carbons (Fsp3) is 0.423. The molecule has 1 aromatic carbocycles. The van der Waals surface area contributed by atoms with Gasteiger partial charge < -0.3 is 26.2 Å². The number of rotatable bonds is 6. The summed E-state index contributed by atoms with van der Waals surface area (Å²) >= 11 is 0.842. The maximum absolute atomic E-state index is 14.8. The zero-order valence-corrected chi connectivity index (χ0v) is 21.4. The lowest BCUT2D eigenvalue weighted by Gasteiger charge is -2.38. The van der Waals surface area contributed by atoms with Crippen LogP contribution in [0.5, 0.6) is 5.75 Å². The van der Waals surface area contributed by atoms with E-state index in [1.807, 2.05) is 0 Å². The second kappa shape index (κ2) is 9.96. The normalized spacial score (nSPS) is 21.2. The summed E-state index contributed by atoms with van der Waals surface area (Å²) in [7, 11) is 1.28. The molecule has 5 N–H and O–H groups in total. The first-order chi connectivity index (χ1) is 17.7. The molecular formula is C26H29F2N5O3S. The third kappa shape index (κ3) is 4.67. The molecule has 8 nitrogen and oxygen atoms in total. The maximum Gasteiger partial charge on any atom is 0.188 e. The monoisotopic (exact) mass is 529 g/mol. The SMILES string of the molecule is COc1ccc(F)c(-c2nc(C(=O)Cc3cnc4c(c3N3C[C@H](C)C[C@H](N)C3)CCC4O)c(N)s2)c1F. The van der Waals surface area contributed by atoms with E-state index in [1.54, 1.807) is 6.20 Å². The summed E-state index contributed by atoms with van der Waals surface area (Å²) < 4.78 is 34.3. The van der Waals surface area contributed by atoms with E-state index in [4.69, 9.17) is 16.2 Å². The minimum absolute atomic E-state index is 0.00755. The van der Waals surface area contributed by atoms with Gasteiger partial charge in [0.05, 0.1) is 24.5 Å². The third-order valence-corrected chi connectivity index (χ3v) is 7.91. The van der Waals surface area contributed by atoms with Gasteiger partial charge in [0.25, 0.3) is 0 Å². The van der Waals surface area contributed by atoms with Crippen molar-refractivity contribution in [1.29, 1.82) is 0 Å². The highest BCUT2D eigenvalue weighted by molar-refractivity contribution is 7.19. The number of carbonyl (C=O) groups is 1. The highest BCUT2D eigenvalue weighted by Gasteiger charge is 2.33. The number of aliphatic hydroxyl groups excluding tert-OH is 1. The number of thiazole rings is 1. The zero-order valence-electron chi connectivity index (χ0n) is 20.6. The number of hydrogen-bond acceptors (Lipinski definition) is 9. The predicted molar refractivity (Wildman–Crippen MR) is 138 cm³/mol. The van der Waals surface area contributed by atoms with Crippen molar-refractivity contribution in [3.63, 3.8) is 0 Å². The summed E-state index contributed by atoms with van der Waals surface area (Å²) in [6, 6.07) is 2.26. The molecule has 37 heavy (non-hydrogen) atoms. The summed E-state index contributed by atoms with van der Waals surface area (Å²) in [5, 5.41) is 10.5. The number of Topliss-reactive ketones (excluding diaryl/α,β-unsaturated/α-hetero) is 1. The van der Waals surface area contributed by atoms with E-state index >= 15 is 0 Å². The lowest BCUT2D eigenvalue weighted by atomic mass is 9.93. The number of nitrogens with two attached hydrogens (primary N) is 2. The van der Waals surface area contributed by atoms with Crippen LogP contribution >= 0.6 is 11.3 Å². The average Bonchev–Trinajstić information content (AvgIpc) is 3.41. The van der Waals surface area contributed by atoms with Gasteiger partial charge in [-0.1, -0.05) is 18.3 Å². The number of nitrogens with zero attached hydrogens (tertiary/aromatic N) is 3. The van der Waals surface area contributed by atoms with Crippen LogP contribution in [0.3, 0.4) is 0 Å². The lowest BCUT2D eigenvalue weighted by molar-refractivity contribution is 0.0989. The van der Waals surface area contributed by atoms with Gasteiger partial charge in [0.1, 0.15) is 21.5 Å². The van der Waals surface area contributed by atoms with Gasteiger partial charge in [-0.3, -0.25) is 9.78 Å². The van der Waals surface area contributed by atoms with E-state index in [0.717, 1.165) is 41.6 Å². The maximum atomic E-state index is 14.8. The van der Waals surface area contributed by atoms with E-state index in [2.05, 4.69) is 21.8 Å². The predicted octanol–water partition coefficient (Wildman–Crippen LogP) is 3.65. The Balaban J connectivity index is 1.51. The number of nitrogen functional groups attached to an aromatic ring is 1. The molecule has 1 aliphatic heterocycles. The van der Waals surface area contributed by atoms with Crippen molar-refractivity contribution in [1.82, 2.24) is 9.97 Å². The number of aliphatic hydroxyl groups is 1. The van der Waals surface area contributed by atoms with Gasteiger partial charge in [-0.25, -0.2) is 13.8 Å². The van der Waals surface area contributed by atoms with Crippen LogP contribution in [0.4, 0.5) is 19.5 Å². The first-order valence-electron chi connectivity index (χ1n) is 12.2. The van der Waals surface area contributed by atoms with Gasteiger partial charge in [-0.05, 0) is 37.3 Å². The molecule has 2 aromatic heterocycles. The molecule has 0 bridgehead atoms. The molecule has 5 rings (SSSR count). The number of fused-ring (bicyclic) bond motifs is 1. The zero-order chi connectivity index (χ0) is 26.4. The standard InChI is InChI=1S/C26H29F2N5O3S/c1-12-7-14(29)11-33(10-12)24-13(9-31-22-15(24)3-5-17(22)34)8-18(35)23-25(30)37-26(32-23)20-16(27)4-6-19(36-2)21(20)28/h4,6,9,12,14,17,34H,3,5,7-8,10-11,29-30H2,1-2H3/t12-,14+,17?/m1/s1. The van der Waals surface area contributed by atoms with E-state index in [1.165, 1.54) is 13.2 Å². The van der Waals surface area contributed by atoms with Crippen LogP contribution < -0.4 is 21.1 Å². The fourth-order valence-corrected chi connectivity index (χ4v) is 6.33. The lowest BCUT2D eigenvalue weighted by Crippen LogP contribution is -2.47. The number of ether oxygens (including phenoxy) is 1. The molecule has 3 heterocycles. The summed E-state index contributed by atoms with van der Waals surface area (Å²) in [4.78, 5) is 24.3. The molecule has 196 valence electrons. The van der Waals surface area contributed by atoms with Crippen LogP contribution in [0.2, 0.25) is 0 Å². The number of pyridine rings is 1. The number of anilines is 2. The smallest absolute Gasteiger partial charge is 0.188 e. The van der Waals surface area contributed by atoms with Crippen LogP contribution in [-0.2, 0) is 12.8 Å². The van der Waals surface area contributed by atoms with Crippen molar-refractivity contribution in [2.24, 2.45) is 11.7 Å². The van der Waals surface area contributed by atoms with Crippen molar-refractivity contribution in [3.05, 3.63) is 52.5 Å². The molecule has 2 aliphatic rings. The van der Waals surface area contributed by atoms with Crippen LogP contribution in [0.1, 0.15) is 53.2 Å². The van der Waals surface area contributed by atoms with Crippen molar-refractivity contribution in [2.75, 3.05) is 30.8 Å². The summed E-state index contributed by atoms with van der Waals surface area (Å²) in [6.07, 6.45) is 3.06. The quantitative estimate of drug-likeness (QED) is 0.413. The van der Waals surface area contributed by atoms with Crippen LogP contribution in [0, 0.1) is 17.6 Å². The molecule has 0 amide bonds. The third-order valence-electron chi connectivity index (χ3n) is 7.01. The Bertz CT molecular complexity index is 1350. The van der Waals surface area contributed by atoms with Gasteiger partial charge in [0, 0.05) is 48.6 Å². The van der Waals surface area contributed by atoms with Crippen LogP contribution in [0.25, 0.3) is 10.6 Å². The molecule has 11 heteroatoms. The molecule has 1 fully saturated rings. The summed E-state index contributed by atoms with van der Waals surface area (Å²) in [6.45, 7) is 3.55. The highest BCUT2D eigenvalue weighted by atomic mass is 32.1. The van der Waals surface area contributed by atoms with E-state index in [0.29, 0.717) is 36.6 Å².